The number of hydrogen-bond donors (Lipinski definition) is 1. The first-order valence-corrected chi connectivity index (χ1v) is 5.50. The molecular formula is C12H23N. The Morgan fingerprint density at radius 2 is 1.77 bits per heavy atom. The Balaban J connectivity index is 2.96. The van der Waals surface area contributed by atoms with Gasteiger partial charge in [0.15, 0.2) is 0 Å². The van der Waals surface area contributed by atoms with Crippen LogP contribution in [0.2, 0.25) is 0 Å². The SMILES string of the molecule is C#CC(C)NCCCCCCCC. The minimum atomic E-state index is 0.232. The highest BCUT2D eigenvalue weighted by atomic mass is 14.9. The zero-order chi connectivity index (χ0) is 9.94. The van der Waals surface area contributed by atoms with Gasteiger partial charge < -0.3 is 5.32 Å². The fourth-order valence-electron chi connectivity index (χ4n) is 1.28. The summed E-state index contributed by atoms with van der Waals surface area (Å²) < 4.78 is 0. The molecule has 0 fully saturated rings. The average molecular weight is 181 g/mol. The Kier molecular flexibility index (Phi) is 9.25. The molecule has 0 aliphatic carbocycles. The largest absolute Gasteiger partial charge is 0.304 e. The minimum Gasteiger partial charge on any atom is -0.304 e. The second-order valence-electron chi connectivity index (χ2n) is 3.61. The molecule has 0 spiro atoms. The Bertz CT molecular complexity index is 135. The molecule has 1 atom stereocenters. The van der Waals surface area contributed by atoms with Crippen molar-refractivity contribution in [2.45, 2.75) is 58.4 Å². The maximum atomic E-state index is 5.24. The fraction of sp³-hybridized carbons (Fsp3) is 0.833. The van der Waals surface area contributed by atoms with Crippen molar-refractivity contribution in [2.24, 2.45) is 0 Å². The van der Waals surface area contributed by atoms with Crippen molar-refractivity contribution in [2.75, 3.05) is 6.54 Å². The van der Waals surface area contributed by atoms with Gasteiger partial charge in [0.2, 0.25) is 0 Å². The fourth-order valence-corrected chi connectivity index (χ4v) is 1.28. The van der Waals surface area contributed by atoms with Crippen LogP contribution in [0.1, 0.15) is 52.4 Å². The number of rotatable bonds is 8. The molecule has 0 saturated carbocycles. The van der Waals surface area contributed by atoms with E-state index >= 15 is 0 Å². The summed E-state index contributed by atoms with van der Waals surface area (Å²) in [5.74, 6) is 2.67. The Hall–Kier alpha value is -0.480. The summed E-state index contributed by atoms with van der Waals surface area (Å²) in [7, 11) is 0. The van der Waals surface area contributed by atoms with Crippen molar-refractivity contribution in [3.63, 3.8) is 0 Å². The van der Waals surface area contributed by atoms with Crippen LogP contribution in [-0.4, -0.2) is 12.6 Å². The molecule has 0 saturated heterocycles. The average Bonchev–Trinajstić information content (AvgIpc) is 2.16. The van der Waals surface area contributed by atoms with Crippen LogP contribution in [0.25, 0.3) is 0 Å². The van der Waals surface area contributed by atoms with Crippen molar-refractivity contribution in [3.05, 3.63) is 0 Å². The number of unbranched alkanes of at least 4 members (excludes halogenated alkanes) is 5. The molecule has 0 aliphatic rings. The highest BCUT2D eigenvalue weighted by molar-refractivity contribution is 4.95. The van der Waals surface area contributed by atoms with E-state index in [0.29, 0.717) is 0 Å². The van der Waals surface area contributed by atoms with Crippen molar-refractivity contribution in [3.8, 4) is 12.3 Å². The predicted molar refractivity (Wildman–Crippen MR) is 59.7 cm³/mol. The van der Waals surface area contributed by atoms with E-state index in [4.69, 9.17) is 6.42 Å². The molecule has 0 aromatic carbocycles. The number of nitrogens with one attached hydrogen (secondary N) is 1. The summed E-state index contributed by atoms with van der Waals surface area (Å²) in [5, 5.41) is 3.29. The van der Waals surface area contributed by atoms with Gasteiger partial charge in [-0.05, 0) is 19.9 Å². The van der Waals surface area contributed by atoms with E-state index in [0.717, 1.165) is 6.54 Å². The Morgan fingerprint density at radius 1 is 1.15 bits per heavy atom. The van der Waals surface area contributed by atoms with Gasteiger partial charge >= 0.3 is 0 Å². The van der Waals surface area contributed by atoms with Gasteiger partial charge in [0.1, 0.15) is 0 Å². The normalized spacial score (nSPS) is 12.4. The second-order valence-corrected chi connectivity index (χ2v) is 3.61. The van der Waals surface area contributed by atoms with Crippen LogP contribution in [0.3, 0.4) is 0 Å². The molecule has 0 aromatic rings. The summed E-state index contributed by atoms with van der Waals surface area (Å²) in [6.45, 7) is 5.34. The molecule has 0 bridgehead atoms. The molecule has 1 unspecified atom stereocenters. The van der Waals surface area contributed by atoms with E-state index in [-0.39, 0.29) is 6.04 Å². The van der Waals surface area contributed by atoms with Crippen molar-refractivity contribution in [1.29, 1.82) is 0 Å². The smallest absolute Gasteiger partial charge is 0.0658 e. The highest BCUT2D eigenvalue weighted by Gasteiger charge is 1.94. The molecule has 0 heterocycles. The highest BCUT2D eigenvalue weighted by Crippen LogP contribution is 2.03. The summed E-state index contributed by atoms with van der Waals surface area (Å²) in [4.78, 5) is 0. The lowest BCUT2D eigenvalue weighted by Crippen LogP contribution is -2.25. The summed E-state index contributed by atoms with van der Waals surface area (Å²) in [6, 6.07) is 0.232. The van der Waals surface area contributed by atoms with Crippen LogP contribution in [-0.2, 0) is 0 Å². The standard InChI is InChI=1S/C12H23N/c1-4-6-7-8-9-10-11-13-12(3)5-2/h2,12-13H,4,6-11H2,1,3H3. The molecule has 0 rings (SSSR count). The van der Waals surface area contributed by atoms with E-state index in [9.17, 15) is 0 Å². The van der Waals surface area contributed by atoms with E-state index in [2.05, 4.69) is 18.2 Å². The molecule has 0 aromatic heterocycles. The third-order valence-corrected chi connectivity index (χ3v) is 2.23. The monoisotopic (exact) mass is 181 g/mol. The molecule has 1 nitrogen and oxygen atoms in total. The Morgan fingerprint density at radius 3 is 2.38 bits per heavy atom. The van der Waals surface area contributed by atoms with Gasteiger partial charge in [-0.15, -0.1) is 6.42 Å². The molecule has 1 N–H and O–H groups in total. The first kappa shape index (κ1) is 12.5. The quantitative estimate of drug-likeness (QED) is 0.448. The van der Waals surface area contributed by atoms with E-state index in [1.807, 2.05) is 6.92 Å². The second kappa shape index (κ2) is 9.61. The zero-order valence-electron chi connectivity index (χ0n) is 9.10. The van der Waals surface area contributed by atoms with Crippen LogP contribution in [0.15, 0.2) is 0 Å². The lowest BCUT2D eigenvalue weighted by Gasteiger charge is -2.06. The van der Waals surface area contributed by atoms with Crippen molar-refractivity contribution in [1.82, 2.24) is 5.32 Å². The topological polar surface area (TPSA) is 12.0 Å². The van der Waals surface area contributed by atoms with Crippen LogP contribution < -0.4 is 5.32 Å². The summed E-state index contributed by atoms with van der Waals surface area (Å²) in [6.07, 6.45) is 13.3. The predicted octanol–water partition coefficient (Wildman–Crippen LogP) is 2.96. The third kappa shape index (κ3) is 9.43. The van der Waals surface area contributed by atoms with Crippen molar-refractivity contribution >= 4 is 0 Å². The summed E-state index contributed by atoms with van der Waals surface area (Å²) >= 11 is 0. The first-order valence-electron chi connectivity index (χ1n) is 5.50. The third-order valence-electron chi connectivity index (χ3n) is 2.23. The number of terminal acetylenes is 1. The summed E-state index contributed by atoms with van der Waals surface area (Å²) in [5.41, 5.74) is 0. The maximum absolute atomic E-state index is 5.24. The van der Waals surface area contributed by atoms with Crippen LogP contribution in [0.4, 0.5) is 0 Å². The van der Waals surface area contributed by atoms with Gasteiger partial charge in [0, 0.05) is 0 Å². The van der Waals surface area contributed by atoms with Crippen molar-refractivity contribution < 1.29 is 0 Å². The molecule has 0 amide bonds. The first-order chi connectivity index (χ1) is 6.31. The van der Waals surface area contributed by atoms with Gasteiger partial charge in [0.05, 0.1) is 6.04 Å². The van der Waals surface area contributed by atoms with Gasteiger partial charge in [-0.1, -0.05) is 44.9 Å². The van der Waals surface area contributed by atoms with Crippen LogP contribution >= 0.6 is 0 Å². The molecule has 0 aliphatic heterocycles. The van der Waals surface area contributed by atoms with E-state index in [1.54, 1.807) is 0 Å². The van der Waals surface area contributed by atoms with E-state index < -0.39 is 0 Å². The molecule has 0 radical (unpaired) electrons. The van der Waals surface area contributed by atoms with Crippen LogP contribution in [0, 0.1) is 12.3 Å². The van der Waals surface area contributed by atoms with Gasteiger partial charge in [-0.25, -0.2) is 0 Å². The van der Waals surface area contributed by atoms with Gasteiger partial charge in [-0.3, -0.25) is 0 Å². The molecule has 13 heavy (non-hydrogen) atoms. The maximum Gasteiger partial charge on any atom is 0.0658 e. The van der Waals surface area contributed by atoms with Gasteiger partial charge in [0.25, 0.3) is 0 Å². The Labute approximate surface area is 83.3 Å². The molecule has 76 valence electrons. The zero-order valence-corrected chi connectivity index (χ0v) is 9.10. The molecular weight excluding hydrogens is 158 g/mol. The van der Waals surface area contributed by atoms with Gasteiger partial charge in [-0.2, -0.15) is 0 Å². The number of hydrogen-bond acceptors (Lipinski definition) is 1. The lowest BCUT2D eigenvalue weighted by atomic mass is 10.1. The lowest BCUT2D eigenvalue weighted by molar-refractivity contribution is 0.559. The van der Waals surface area contributed by atoms with E-state index in [1.165, 1.54) is 38.5 Å². The van der Waals surface area contributed by atoms with Crippen LogP contribution in [0.5, 0.6) is 0 Å². The minimum absolute atomic E-state index is 0.232. The molecule has 1 heteroatoms.